The molecule has 2 aromatic carbocycles. The van der Waals surface area contributed by atoms with E-state index in [4.69, 9.17) is 5.73 Å². The number of aromatic nitrogens is 2. The molecule has 0 aliphatic heterocycles. The van der Waals surface area contributed by atoms with Crippen LogP contribution in [0.15, 0.2) is 52.9 Å². The van der Waals surface area contributed by atoms with Crippen molar-refractivity contribution >= 4 is 39.8 Å². The van der Waals surface area contributed by atoms with Crippen LogP contribution in [0.3, 0.4) is 0 Å². The van der Waals surface area contributed by atoms with Crippen molar-refractivity contribution in [2.24, 2.45) is 0 Å². The summed E-state index contributed by atoms with van der Waals surface area (Å²) in [6, 6.07) is 15.6. The third kappa shape index (κ3) is 4.37. The standard InChI is InChI=1S/C18H18N4OS2/c1-11-8-9-12(2)14(10-11)20-16(23)15(13-6-4-3-5-7-13)24-18-22-21-17(19)25-18/h3-10,15H,1-2H3,(H2,19,21)(H,20,23). The third-order valence-electron chi connectivity index (χ3n) is 3.63. The summed E-state index contributed by atoms with van der Waals surface area (Å²) in [5.74, 6) is -0.0985. The molecule has 0 spiro atoms. The van der Waals surface area contributed by atoms with Crippen molar-refractivity contribution in [3.05, 3.63) is 65.2 Å². The number of benzene rings is 2. The maximum atomic E-state index is 13.0. The zero-order valence-corrected chi connectivity index (χ0v) is 15.5. The number of anilines is 2. The molecule has 3 rings (SSSR count). The Bertz CT molecular complexity index is 880. The zero-order chi connectivity index (χ0) is 17.8. The number of nitrogen functional groups attached to an aromatic ring is 1. The van der Waals surface area contributed by atoms with Crippen molar-refractivity contribution in [1.29, 1.82) is 0 Å². The molecule has 0 aliphatic carbocycles. The maximum absolute atomic E-state index is 13.0. The maximum Gasteiger partial charge on any atom is 0.242 e. The molecule has 1 atom stereocenters. The Morgan fingerprint density at radius 1 is 1.16 bits per heavy atom. The molecule has 1 amide bonds. The summed E-state index contributed by atoms with van der Waals surface area (Å²) in [6.07, 6.45) is 0. The van der Waals surface area contributed by atoms with Gasteiger partial charge in [-0.15, -0.1) is 10.2 Å². The molecule has 3 aromatic rings. The highest BCUT2D eigenvalue weighted by Crippen LogP contribution is 2.38. The van der Waals surface area contributed by atoms with Crippen LogP contribution in [0.4, 0.5) is 10.8 Å². The van der Waals surface area contributed by atoms with E-state index < -0.39 is 5.25 Å². The van der Waals surface area contributed by atoms with Crippen LogP contribution in [0.25, 0.3) is 0 Å². The van der Waals surface area contributed by atoms with Crippen molar-refractivity contribution in [1.82, 2.24) is 10.2 Å². The van der Waals surface area contributed by atoms with Crippen molar-refractivity contribution in [3.8, 4) is 0 Å². The Morgan fingerprint density at radius 2 is 1.92 bits per heavy atom. The van der Waals surface area contributed by atoms with Gasteiger partial charge in [-0.1, -0.05) is 65.6 Å². The number of nitrogens with two attached hydrogens (primary N) is 1. The van der Waals surface area contributed by atoms with Gasteiger partial charge in [-0.05, 0) is 36.6 Å². The molecule has 7 heteroatoms. The Hall–Kier alpha value is -2.38. The lowest BCUT2D eigenvalue weighted by Crippen LogP contribution is -2.19. The molecule has 0 saturated carbocycles. The summed E-state index contributed by atoms with van der Waals surface area (Å²) in [6.45, 7) is 3.98. The second-order valence-corrected chi connectivity index (χ2v) is 7.98. The normalized spacial score (nSPS) is 11.9. The number of aryl methyl sites for hydroxylation is 2. The number of nitrogens with one attached hydrogen (secondary N) is 1. The summed E-state index contributed by atoms with van der Waals surface area (Å²) in [4.78, 5) is 13.0. The van der Waals surface area contributed by atoms with Gasteiger partial charge in [0, 0.05) is 5.69 Å². The minimum absolute atomic E-state index is 0.0985. The van der Waals surface area contributed by atoms with Crippen molar-refractivity contribution < 1.29 is 4.79 Å². The minimum Gasteiger partial charge on any atom is -0.374 e. The molecule has 0 saturated heterocycles. The van der Waals surface area contributed by atoms with Gasteiger partial charge in [-0.2, -0.15) is 0 Å². The highest BCUT2D eigenvalue weighted by atomic mass is 32.2. The predicted octanol–water partition coefficient (Wildman–Crippen LogP) is 4.21. The van der Waals surface area contributed by atoms with Crippen molar-refractivity contribution in [2.75, 3.05) is 11.1 Å². The number of carbonyl (C=O) groups excluding carboxylic acids is 1. The first-order valence-electron chi connectivity index (χ1n) is 7.71. The number of carbonyl (C=O) groups is 1. The van der Waals surface area contributed by atoms with Gasteiger partial charge in [-0.3, -0.25) is 4.79 Å². The van der Waals surface area contributed by atoms with Crippen LogP contribution in [0.1, 0.15) is 21.9 Å². The second kappa shape index (κ2) is 7.67. The highest BCUT2D eigenvalue weighted by molar-refractivity contribution is 8.02. The summed E-state index contributed by atoms with van der Waals surface area (Å²) >= 11 is 2.63. The molecule has 5 nitrogen and oxygen atoms in total. The van der Waals surface area contributed by atoms with Crippen LogP contribution in [0.2, 0.25) is 0 Å². The number of thioether (sulfide) groups is 1. The van der Waals surface area contributed by atoms with Gasteiger partial charge in [-0.25, -0.2) is 0 Å². The molecule has 3 N–H and O–H groups in total. The van der Waals surface area contributed by atoms with Gasteiger partial charge < -0.3 is 11.1 Å². The lowest BCUT2D eigenvalue weighted by Gasteiger charge is -2.17. The molecule has 0 aliphatic rings. The molecule has 1 heterocycles. The quantitative estimate of drug-likeness (QED) is 0.658. The molecule has 0 fully saturated rings. The van der Waals surface area contributed by atoms with Crippen LogP contribution < -0.4 is 11.1 Å². The Kier molecular flexibility index (Phi) is 5.35. The largest absolute Gasteiger partial charge is 0.374 e. The first kappa shape index (κ1) is 17.4. The summed E-state index contributed by atoms with van der Waals surface area (Å²) in [5, 5.41) is 10.9. The Labute approximate surface area is 154 Å². The summed E-state index contributed by atoms with van der Waals surface area (Å²) in [7, 11) is 0. The van der Waals surface area contributed by atoms with E-state index in [9.17, 15) is 4.79 Å². The van der Waals surface area contributed by atoms with Crippen LogP contribution in [-0.4, -0.2) is 16.1 Å². The number of hydrogen-bond donors (Lipinski definition) is 2. The van der Waals surface area contributed by atoms with Gasteiger partial charge in [0.2, 0.25) is 11.0 Å². The lowest BCUT2D eigenvalue weighted by molar-refractivity contribution is -0.115. The van der Waals surface area contributed by atoms with Crippen molar-refractivity contribution in [3.63, 3.8) is 0 Å². The first-order valence-corrected chi connectivity index (χ1v) is 9.41. The number of amides is 1. The molecule has 25 heavy (non-hydrogen) atoms. The third-order valence-corrected chi connectivity index (χ3v) is 5.72. The SMILES string of the molecule is Cc1ccc(C)c(NC(=O)C(Sc2nnc(N)s2)c2ccccc2)c1. The fraction of sp³-hybridized carbons (Fsp3) is 0.167. The van der Waals surface area contributed by atoms with E-state index in [1.807, 2.05) is 62.4 Å². The van der Waals surface area contributed by atoms with E-state index in [1.54, 1.807) is 0 Å². The molecule has 0 radical (unpaired) electrons. The number of hydrogen-bond acceptors (Lipinski definition) is 6. The van der Waals surface area contributed by atoms with Gasteiger partial charge >= 0.3 is 0 Å². The molecular formula is C18H18N4OS2. The van der Waals surface area contributed by atoms with E-state index in [-0.39, 0.29) is 5.91 Å². The summed E-state index contributed by atoms with van der Waals surface area (Å²) in [5.41, 5.74) is 9.51. The van der Waals surface area contributed by atoms with Gasteiger partial charge in [0.25, 0.3) is 0 Å². The molecule has 0 bridgehead atoms. The lowest BCUT2D eigenvalue weighted by atomic mass is 10.1. The van der Waals surface area contributed by atoms with E-state index in [0.29, 0.717) is 9.47 Å². The minimum atomic E-state index is -0.437. The van der Waals surface area contributed by atoms with Crippen LogP contribution >= 0.6 is 23.1 Å². The Morgan fingerprint density at radius 3 is 2.60 bits per heavy atom. The molecular weight excluding hydrogens is 352 g/mol. The zero-order valence-electron chi connectivity index (χ0n) is 13.9. The Balaban J connectivity index is 1.88. The molecule has 1 unspecified atom stereocenters. The van der Waals surface area contributed by atoms with E-state index in [2.05, 4.69) is 15.5 Å². The fourth-order valence-electron chi connectivity index (χ4n) is 2.34. The average Bonchev–Trinajstić information content (AvgIpc) is 3.02. The van der Waals surface area contributed by atoms with Crippen LogP contribution in [-0.2, 0) is 4.79 Å². The second-order valence-electron chi connectivity index (χ2n) is 5.62. The van der Waals surface area contributed by atoms with Gasteiger partial charge in [0.15, 0.2) is 4.34 Å². The van der Waals surface area contributed by atoms with Crippen LogP contribution in [0, 0.1) is 13.8 Å². The molecule has 1 aromatic heterocycles. The predicted molar refractivity (Wildman–Crippen MR) is 104 cm³/mol. The van der Waals surface area contributed by atoms with E-state index in [0.717, 1.165) is 22.4 Å². The van der Waals surface area contributed by atoms with Gasteiger partial charge in [0.05, 0.1) is 0 Å². The van der Waals surface area contributed by atoms with Crippen molar-refractivity contribution in [2.45, 2.75) is 23.4 Å². The number of rotatable bonds is 5. The van der Waals surface area contributed by atoms with Crippen LogP contribution in [0.5, 0.6) is 0 Å². The monoisotopic (exact) mass is 370 g/mol. The topological polar surface area (TPSA) is 80.9 Å². The fourth-order valence-corrected chi connectivity index (χ4v) is 4.17. The smallest absolute Gasteiger partial charge is 0.242 e. The van der Waals surface area contributed by atoms with E-state index >= 15 is 0 Å². The van der Waals surface area contributed by atoms with E-state index in [1.165, 1.54) is 23.1 Å². The number of nitrogens with zero attached hydrogens (tertiary/aromatic N) is 2. The highest BCUT2D eigenvalue weighted by Gasteiger charge is 2.24. The molecule has 128 valence electrons. The average molecular weight is 371 g/mol. The first-order chi connectivity index (χ1) is 12.0. The summed E-state index contributed by atoms with van der Waals surface area (Å²) < 4.78 is 0.669. The van der Waals surface area contributed by atoms with Gasteiger partial charge in [0.1, 0.15) is 5.25 Å².